The molecule has 6 nitrogen and oxygen atoms in total. The molecule has 2 aromatic carbocycles. The summed E-state index contributed by atoms with van der Waals surface area (Å²) < 4.78 is 44.3. The van der Waals surface area contributed by atoms with Crippen molar-refractivity contribution in [2.24, 2.45) is 4.99 Å². The van der Waals surface area contributed by atoms with Gasteiger partial charge in [-0.25, -0.2) is 12.8 Å². The van der Waals surface area contributed by atoms with Crippen molar-refractivity contribution in [1.29, 1.82) is 0 Å². The number of carbonyl (C=O) groups is 1. The van der Waals surface area contributed by atoms with E-state index < -0.39 is 9.84 Å². The molecule has 0 bridgehead atoms. The summed E-state index contributed by atoms with van der Waals surface area (Å²) >= 11 is 1.24. The molecule has 9 heteroatoms. The van der Waals surface area contributed by atoms with Gasteiger partial charge in [-0.15, -0.1) is 0 Å². The van der Waals surface area contributed by atoms with Crippen LogP contribution in [0.1, 0.15) is 5.56 Å². The highest BCUT2D eigenvalue weighted by atomic mass is 32.2. The van der Waals surface area contributed by atoms with Gasteiger partial charge in [-0.1, -0.05) is 23.5 Å². The zero-order chi connectivity index (χ0) is 20.3. The third-order valence-corrected chi connectivity index (χ3v) is 6.24. The number of benzene rings is 2. The van der Waals surface area contributed by atoms with Gasteiger partial charge in [0.05, 0.1) is 28.1 Å². The molecule has 0 saturated carbocycles. The first-order valence-corrected chi connectivity index (χ1v) is 11.1. The van der Waals surface area contributed by atoms with E-state index >= 15 is 0 Å². The number of amides is 1. The molecule has 1 heterocycles. The predicted octanol–water partition coefficient (Wildman–Crippen LogP) is 2.56. The van der Waals surface area contributed by atoms with Gasteiger partial charge >= 0.3 is 0 Å². The van der Waals surface area contributed by atoms with E-state index in [1.807, 2.05) is 4.57 Å². The number of halogens is 1. The molecule has 148 valence electrons. The molecule has 0 aliphatic heterocycles. The van der Waals surface area contributed by atoms with Crippen LogP contribution in [0.2, 0.25) is 0 Å². The van der Waals surface area contributed by atoms with E-state index in [-0.39, 0.29) is 23.0 Å². The van der Waals surface area contributed by atoms with Crippen molar-refractivity contribution in [2.75, 3.05) is 20.0 Å². The van der Waals surface area contributed by atoms with Gasteiger partial charge in [0.15, 0.2) is 14.6 Å². The minimum atomic E-state index is -3.34. The Morgan fingerprint density at radius 2 is 1.93 bits per heavy atom. The fourth-order valence-electron chi connectivity index (χ4n) is 2.69. The van der Waals surface area contributed by atoms with Gasteiger partial charge in [0.25, 0.3) is 5.91 Å². The molecule has 1 aromatic heterocycles. The van der Waals surface area contributed by atoms with Crippen LogP contribution >= 0.6 is 11.3 Å². The van der Waals surface area contributed by atoms with E-state index in [0.29, 0.717) is 28.2 Å². The van der Waals surface area contributed by atoms with Gasteiger partial charge < -0.3 is 9.30 Å². The molecular formula is C19H19FN2O4S2. The third-order valence-electron chi connectivity index (χ3n) is 4.09. The number of carbonyl (C=O) groups excluding carboxylic acids is 1. The number of nitrogens with zero attached hydrogens (tertiary/aromatic N) is 2. The van der Waals surface area contributed by atoms with Crippen LogP contribution in [-0.4, -0.2) is 38.9 Å². The van der Waals surface area contributed by atoms with Crippen LogP contribution in [-0.2, 0) is 32.3 Å². The Morgan fingerprint density at radius 1 is 1.21 bits per heavy atom. The highest BCUT2D eigenvalue weighted by Gasteiger charge is 2.13. The van der Waals surface area contributed by atoms with Crippen molar-refractivity contribution in [2.45, 2.75) is 17.9 Å². The van der Waals surface area contributed by atoms with Crippen LogP contribution in [0.15, 0.2) is 52.4 Å². The summed E-state index contributed by atoms with van der Waals surface area (Å²) in [7, 11) is -1.76. The second kappa shape index (κ2) is 8.34. The van der Waals surface area contributed by atoms with Crippen LogP contribution in [0.5, 0.6) is 0 Å². The van der Waals surface area contributed by atoms with Gasteiger partial charge in [-0.3, -0.25) is 4.79 Å². The second-order valence-electron chi connectivity index (χ2n) is 6.24. The summed E-state index contributed by atoms with van der Waals surface area (Å²) in [5.74, 6) is -0.732. The summed E-state index contributed by atoms with van der Waals surface area (Å²) in [6, 6.07) is 10.5. The maximum atomic E-state index is 13.0. The fourth-order valence-corrected chi connectivity index (χ4v) is 4.53. The predicted molar refractivity (Wildman–Crippen MR) is 105 cm³/mol. The Hall–Kier alpha value is -2.36. The Labute approximate surface area is 165 Å². The van der Waals surface area contributed by atoms with Crippen LogP contribution in [0, 0.1) is 5.82 Å². The molecule has 0 aliphatic carbocycles. The van der Waals surface area contributed by atoms with Crippen molar-refractivity contribution < 1.29 is 22.3 Å². The van der Waals surface area contributed by atoms with Crippen molar-refractivity contribution in [3.05, 3.63) is 58.6 Å². The Balaban J connectivity index is 2.02. The van der Waals surface area contributed by atoms with Crippen molar-refractivity contribution >= 4 is 37.3 Å². The first kappa shape index (κ1) is 20.4. The first-order chi connectivity index (χ1) is 13.3. The summed E-state index contributed by atoms with van der Waals surface area (Å²) in [6.45, 7) is 0.885. The third kappa shape index (κ3) is 4.73. The molecule has 0 spiro atoms. The molecule has 0 radical (unpaired) electrons. The maximum Gasteiger partial charge on any atom is 0.252 e. The lowest BCUT2D eigenvalue weighted by atomic mass is 10.1. The fraction of sp³-hybridized carbons (Fsp3) is 0.263. The molecule has 0 fully saturated rings. The van der Waals surface area contributed by atoms with Crippen molar-refractivity contribution in [3.63, 3.8) is 0 Å². The number of aromatic nitrogens is 1. The zero-order valence-electron chi connectivity index (χ0n) is 15.4. The summed E-state index contributed by atoms with van der Waals surface area (Å²) in [5.41, 5.74) is 1.45. The van der Waals surface area contributed by atoms with Gasteiger partial charge in [0.1, 0.15) is 5.82 Å². The minimum Gasteiger partial charge on any atom is -0.383 e. The largest absolute Gasteiger partial charge is 0.383 e. The number of fused-ring (bicyclic) bond motifs is 1. The minimum absolute atomic E-state index is 0.0490. The van der Waals surface area contributed by atoms with E-state index in [9.17, 15) is 17.6 Å². The summed E-state index contributed by atoms with van der Waals surface area (Å²) in [5, 5.41) is 0. The van der Waals surface area contributed by atoms with Crippen molar-refractivity contribution in [1.82, 2.24) is 4.57 Å². The molecule has 0 unspecified atom stereocenters. The van der Waals surface area contributed by atoms with Crippen LogP contribution in [0.25, 0.3) is 10.2 Å². The second-order valence-corrected chi connectivity index (χ2v) is 9.26. The number of thiazole rings is 1. The molecule has 28 heavy (non-hydrogen) atoms. The van der Waals surface area contributed by atoms with E-state index in [1.54, 1.807) is 31.4 Å². The molecule has 0 atom stereocenters. The number of hydrogen-bond donors (Lipinski definition) is 0. The van der Waals surface area contributed by atoms with Gasteiger partial charge in [-0.05, 0) is 35.9 Å². The van der Waals surface area contributed by atoms with Gasteiger partial charge in [0.2, 0.25) is 0 Å². The average molecular weight is 423 g/mol. The Bertz CT molecular complexity index is 1180. The Kier molecular flexibility index (Phi) is 6.07. The lowest BCUT2D eigenvalue weighted by Crippen LogP contribution is -2.19. The standard InChI is InChI=1S/C19H19FN2O4S2/c1-26-10-9-22-16-8-7-15(28(2,24)25)12-17(16)27-19(22)21-18(23)11-13-3-5-14(20)6-4-13/h3-8,12H,9-11H2,1-2H3. The summed E-state index contributed by atoms with van der Waals surface area (Å²) in [6.07, 6.45) is 1.20. The topological polar surface area (TPSA) is 77.7 Å². The van der Waals surface area contributed by atoms with E-state index in [4.69, 9.17) is 4.74 Å². The molecular weight excluding hydrogens is 403 g/mol. The first-order valence-electron chi connectivity index (χ1n) is 8.42. The van der Waals surface area contributed by atoms with E-state index in [0.717, 1.165) is 11.8 Å². The van der Waals surface area contributed by atoms with Crippen LogP contribution in [0.3, 0.4) is 0 Å². The van der Waals surface area contributed by atoms with Crippen LogP contribution in [0.4, 0.5) is 4.39 Å². The van der Waals surface area contributed by atoms with E-state index in [2.05, 4.69) is 4.99 Å². The number of ether oxygens (including phenoxy) is 1. The molecule has 1 amide bonds. The maximum absolute atomic E-state index is 13.0. The molecule has 0 saturated heterocycles. The van der Waals surface area contributed by atoms with Crippen LogP contribution < -0.4 is 4.80 Å². The number of rotatable bonds is 6. The lowest BCUT2D eigenvalue weighted by Gasteiger charge is -2.05. The smallest absolute Gasteiger partial charge is 0.252 e. The normalized spacial score (nSPS) is 12.6. The number of methoxy groups -OCH3 is 1. The summed E-state index contributed by atoms with van der Waals surface area (Å²) in [4.78, 5) is 17.3. The number of sulfone groups is 1. The van der Waals surface area contributed by atoms with Crippen molar-refractivity contribution in [3.8, 4) is 0 Å². The van der Waals surface area contributed by atoms with E-state index in [1.165, 1.54) is 29.5 Å². The molecule has 0 aliphatic rings. The SMILES string of the molecule is COCCn1c(=NC(=O)Cc2ccc(F)cc2)sc2cc(S(C)(=O)=O)ccc21. The highest BCUT2D eigenvalue weighted by molar-refractivity contribution is 7.90. The lowest BCUT2D eigenvalue weighted by molar-refractivity contribution is -0.117. The molecule has 0 N–H and O–H groups in total. The highest BCUT2D eigenvalue weighted by Crippen LogP contribution is 2.22. The number of hydrogen-bond acceptors (Lipinski definition) is 5. The molecule has 3 aromatic rings. The monoisotopic (exact) mass is 422 g/mol. The zero-order valence-corrected chi connectivity index (χ0v) is 17.0. The Morgan fingerprint density at radius 3 is 2.57 bits per heavy atom. The average Bonchev–Trinajstić information content (AvgIpc) is 2.97. The quantitative estimate of drug-likeness (QED) is 0.612. The molecule has 3 rings (SSSR count). The van der Waals surface area contributed by atoms with Gasteiger partial charge in [-0.2, -0.15) is 4.99 Å². The van der Waals surface area contributed by atoms with Gasteiger partial charge in [0, 0.05) is 19.9 Å².